The van der Waals surface area contributed by atoms with Crippen molar-refractivity contribution in [2.75, 3.05) is 11.9 Å². The van der Waals surface area contributed by atoms with Gasteiger partial charge in [0.2, 0.25) is 0 Å². The van der Waals surface area contributed by atoms with Crippen molar-refractivity contribution in [2.45, 2.75) is 13.8 Å². The van der Waals surface area contributed by atoms with Crippen LogP contribution in [0.3, 0.4) is 0 Å². The SMILES string of the molecule is Cc1ccc(C)n1-c1ccc(C(=O)OCC(=O)Nc2ccc(F)c(F)c2)cc1. The average molecular weight is 384 g/mol. The zero-order valence-corrected chi connectivity index (χ0v) is 15.3. The van der Waals surface area contributed by atoms with Gasteiger partial charge in [0.05, 0.1) is 5.56 Å². The molecule has 5 nitrogen and oxygen atoms in total. The number of aryl methyl sites for hydroxylation is 2. The first-order valence-electron chi connectivity index (χ1n) is 8.52. The van der Waals surface area contributed by atoms with Gasteiger partial charge in [0, 0.05) is 28.8 Å². The normalized spacial score (nSPS) is 10.6. The lowest BCUT2D eigenvalue weighted by Gasteiger charge is -2.10. The Balaban J connectivity index is 1.58. The Morgan fingerprint density at radius 3 is 2.18 bits per heavy atom. The molecule has 0 fully saturated rings. The Bertz CT molecular complexity index is 1010. The average Bonchev–Trinajstić information content (AvgIpc) is 3.01. The number of carbonyl (C=O) groups is 2. The van der Waals surface area contributed by atoms with E-state index in [2.05, 4.69) is 5.32 Å². The predicted octanol–water partition coefficient (Wildman–Crippen LogP) is 4.17. The fourth-order valence-electron chi connectivity index (χ4n) is 2.81. The molecule has 0 radical (unpaired) electrons. The van der Waals surface area contributed by atoms with Crippen molar-refractivity contribution < 1.29 is 23.1 Å². The summed E-state index contributed by atoms with van der Waals surface area (Å²) in [6.07, 6.45) is 0. The third-order valence-corrected chi connectivity index (χ3v) is 4.17. The Morgan fingerprint density at radius 2 is 1.57 bits per heavy atom. The van der Waals surface area contributed by atoms with Crippen molar-refractivity contribution in [1.29, 1.82) is 0 Å². The van der Waals surface area contributed by atoms with Crippen LogP contribution >= 0.6 is 0 Å². The van der Waals surface area contributed by atoms with Gasteiger partial charge in [0.25, 0.3) is 5.91 Å². The van der Waals surface area contributed by atoms with E-state index in [1.165, 1.54) is 6.07 Å². The molecule has 2 aromatic carbocycles. The van der Waals surface area contributed by atoms with Gasteiger partial charge in [-0.2, -0.15) is 0 Å². The number of benzene rings is 2. The number of anilines is 1. The van der Waals surface area contributed by atoms with Gasteiger partial charge in [-0.15, -0.1) is 0 Å². The quantitative estimate of drug-likeness (QED) is 0.672. The number of rotatable bonds is 5. The summed E-state index contributed by atoms with van der Waals surface area (Å²) in [5.74, 6) is -3.41. The van der Waals surface area contributed by atoms with Crippen LogP contribution in [0.2, 0.25) is 0 Å². The van der Waals surface area contributed by atoms with E-state index in [1.54, 1.807) is 24.3 Å². The van der Waals surface area contributed by atoms with Crippen molar-refractivity contribution in [3.63, 3.8) is 0 Å². The van der Waals surface area contributed by atoms with E-state index >= 15 is 0 Å². The van der Waals surface area contributed by atoms with E-state index in [0.717, 1.165) is 29.2 Å². The lowest BCUT2D eigenvalue weighted by Crippen LogP contribution is -2.21. The molecule has 1 heterocycles. The predicted molar refractivity (Wildman–Crippen MR) is 101 cm³/mol. The lowest BCUT2D eigenvalue weighted by molar-refractivity contribution is -0.119. The Morgan fingerprint density at radius 1 is 0.929 bits per heavy atom. The second-order valence-electron chi connectivity index (χ2n) is 6.25. The van der Waals surface area contributed by atoms with Crippen LogP contribution in [0.25, 0.3) is 5.69 Å². The van der Waals surface area contributed by atoms with Gasteiger partial charge < -0.3 is 14.6 Å². The fraction of sp³-hybridized carbons (Fsp3) is 0.143. The van der Waals surface area contributed by atoms with Crippen LogP contribution in [0.1, 0.15) is 21.7 Å². The molecule has 144 valence electrons. The molecule has 1 N–H and O–H groups in total. The second-order valence-corrected chi connectivity index (χ2v) is 6.25. The zero-order chi connectivity index (χ0) is 20.3. The summed E-state index contributed by atoms with van der Waals surface area (Å²) >= 11 is 0. The molecule has 0 aliphatic carbocycles. The van der Waals surface area contributed by atoms with Gasteiger partial charge in [0.1, 0.15) is 0 Å². The molecular formula is C21H18F2N2O3. The summed E-state index contributed by atoms with van der Waals surface area (Å²) in [4.78, 5) is 23.9. The van der Waals surface area contributed by atoms with E-state index in [9.17, 15) is 18.4 Å². The molecule has 0 aliphatic rings. The van der Waals surface area contributed by atoms with Crippen LogP contribution in [-0.2, 0) is 9.53 Å². The number of aromatic nitrogens is 1. The maximum Gasteiger partial charge on any atom is 0.338 e. The summed E-state index contributed by atoms with van der Waals surface area (Å²) in [7, 11) is 0. The molecule has 3 rings (SSSR count). The van der Waals surface area contributed by atoms with Crippen LogP contribution < -0.4 is 5.32 Å². The highest BCUT2D eigenvalue weighted by Gasteiger charge is 2.12. The molecule has 7 heteroatoms. The molecule has 0 saturated carbocycles. The van der Waals surface area contributed by atoms with Gasteiger partial charge in [0.15, 0.2) is 18.2 Å². The highest BCUT2D eigenvalue weighted by atomic mass is 19.2. The molecule has 28 heavy (non-hydrogen) atoms. The van der Waals surface area contributed by atoms with Gasteiger partial charge in [-0.3, -0.25) is 4.79 Å². The minimum absolute atomic E-state index is 0.0711. The third kappa shape index (κ3) is 4.25. The van der Waals surface area contributed by atoms with Crippen molar-refractivity contribution in [3.05, 3.63) is 83.2 Å². The van der Waals surface area contributed by atoms with Crippen molar-refractivity contribution in [3.8, 4) is 5.69 Å². The molecule has 1 aromatic heterocycles. The minimum atomic E-state index is -1.08. The smallest absolute Gasteiger partial charge is 0.338 e. The number of amides is 1. The fourth-order valence-corrected chi connectivity index (χ4v) is 2.81. The number of nitrogens with zero attached hydrogens (tertiary/aromatic N) is 1. The highest BCUT2D eigenvalue weighted by Crippen LogP contribution is 2.17. The number of ether oxygens (including phenoxy) is 1. The van der Waals surface area contributed by atoms with Gasteiger partial charge in [-0.05, 0) is 62.4 Å². The van der Waals surface area contributed by atoms with Crippen LogP contribution in [0.15, 0.2) is 54.6 Å². The first-order valence-corrected chi connectivity index (χ1v) is 8.52. The largest absolute Gasteiger partial charge is 0.452 e. The summed E-state index contributed by atoms with van der Waals surface area (Å²) in [6.45, 7) is 3.43. The summed E-state index contributed by atoms with van der Waals surface area (Å²) in [5.41, 5.74) is 3.42. The standard InChI is InChI=1S/C21H18F2N2O3/c1-13-3-4-14(2)25(13)17-8-5-15(6-9-17)21(27)28-12-20(26)24-16-7-10-18(22)19(23)11-16/h3-11H,12H2,1-2H3,(H,24,26). The topological polar surface area (TPSA) is 60.3 Å². The van der Waals surface area contributed by atoms with Crippen LogP contribution in [0, 0.1) is 25.5 Å². The molecule has 3 aromatic rings. The summed E-state index contributed by atoms with van der Waals surface area (Å²) in [6, 6.07) is 13.8. The summed E-state index contributed by atoms with van der Waals surface area (Å²) < 4.78 is 33.0. The molecule has 0 unspecified atom stereocenters. The van der Waals surface area contributed by atoms with Crippen molar-refractivity contribution in [1.82, 2.24) is 4.57 Å². The first-order chi connectivity index (χ1) is 13.3. The van der Waals surface area contributed by atoms with Crippen LogP contribution in [0.4, 0.5) is 14.5 Å². The number of halogens is 2. The number of hydrogen-bond acceptors (Lipinski definition) is 3. The Hall–Kier alpha value is -3.48. The van der Waals surface area contributed by atoms with E-state index in [1.807, 2.05) is 30.5 Å². The molecule has 0 saturated heterocycles. The molecule has 0 atom stereocenters. The zero-order valence-electron chi connectivity index (χ0n) is 15.3. The number of hydrogen-bond donors (Lipinski definition) is 1. The number of esters is 1. The first kappa shape index (κ1) is 19.3. The van der Waals surface area contributed by atoms with E-state index < -0.39 is 30.1 Å². The van der Waals surface area contributed by atoms with Gasteiger partial charge >= 0.3 is 5.97 Å². The number of carbonyl (C=O) groups excluding carboxylic acids is 2. The molecule has 0 bridgehead atoms. The molecule has 0 aliphatic heterocycles. The van der Waals surface area contributed by atoms with Crippen molar-refractivity contribution >= 4 is 17.6 Å². The highest BCUT2D eigenvalue weighted by molar-refractivity contribution is 5.95. The van der Waals surface area contributed by atoms with Gasteiger partial charge in [-0.25, -0.2) is 13.6 Å². The second kappa shape index (κ2) is 8.04. The minimum Gasteiger partial charge on any atom is -0.452 e. The van der Waals surface area contributed by atoms with E-state index in [0.29, 0.717) is 5.56 Å². The van der Waals surface area contributed by atoms with Gasteiger partial charge in [-0.1, -0.05) is 0 Å². The monoisotopic (exact) mass is 384 g/mol. The van der Waals surface area contributed by atoms with Crippen LogP contribution in [-0.4, -0.2) is 23.1 Å². The Kier molecular flexibility index (Phi) is 5.54. The van der Waals surface area contributed by atoms with Crippen LogP contribution in [0.5, 0.6) is 0 Å². The lowest BCUT2D eigenvalue weighted by atomic mass is 10.2. The number of nitrogens with one attached hydrogen (secondary N) is 1. The van der Waals surface area contributed by atoms with E-state index in [-0.39, 0.29) is 5.69 Å². The Labute approximate surface area is 160 Å². The van der Waals surface area contributed by atoms with E-state index in [4.69, 9.17) is 4.74 Å². The third-order valence-electron chi connectivity index (χ3n) is 4.17. The molecular weight excluding hydrogens is 366 g/mol. The summed E-state index contributed by atoms with van der Waals surface area (Å²) in [5, 5.41) is 2.33. The van der Waals surface area contributed by atoms with Crippen molar-refractivity contribution in [2.24, 2.45) is 0 Å². The maximum atomic E-state index is 13.1. The molecule has 1 amide bonds. The maximum absolute atomic E-state index is 13.1. The molecule has 0 spiro atoms.